The molecule has 0 aliphatic carbocycles. The minimum Gasteiger partial charge on any atom is -0.314 e. The molecule has 12 heavy (non-hydrogen) atoms. The molecular weight excluding hydrogens is 148 g/mol. The lowest BCUT2D eigenvalue weighted by Gasteiger charge is -2.38. The van der Waals surface area contributed by atoms with E-state index in [-0.39, 0.29) is 0 Å². The zero-order valence-electron chi connectivity index (χ0n) is 8.38. The van der Waals surface area contributed by atoms with Gasteiger partial charge in [0.15, 0.2) is 0 Å². The number of nitrogens with zero attached hydrogens (tertiary/aromatic N) is 1. The first-order chi connectivity index (χ1) is 5.75. The van der Waals surface area contributed by atoms with Crippen molar-refractivity contribution in [2.24, 2.45) is 0 Å². The summed E-state index contributed by atoms with van der Waals surface area (Å²) in [5.74, 6) is 0. The second-order valence-electron chi connectivity index (χ2n) is 3.62. The van der Waals surface area contributed by atoms with Crippen molar-refractivity contribution in [3.63, 3.8) is 0 Å². The number of allylic oxidation sites excluding steroid dienone is 1. The summed E-state index contributed by atoms with van der Waals surface area (Å²) in [5, 5.41) is 3.42. The fourth-order valence-electron chi connectivity index (χ4n) is 1.76. The number of piperazine rings is 1. The van der Waals surface area contributed by atoms with Crippen molar-refractivity contribution >= 4 is 0 Å². The van der Waals surface area contributed by atoms with Gasteiger partial charge in [-0.25, -0.2) is 0 Å². The molecule has 0 saturated carbocycles. The first-order valence-corrected chi connectivity index (χ1v) is 4.83. The molecule has 0 aromatic carbocycles. The Morgan fingerprint density at radius 3 is 2.42 bits per heavy atom. The van der Waals surface area contributed by atoms with Crippen LogP contribution in [0.3, 0.4) is 0 Å². The van der Waals surface area contributed by atoms with Crippen LogP contribution in [0.1, 0.15) is 20.8 Å². The van der Waals surface area contributed by atoms with Crippen LogP contribution in [-0.2, 0) is 0 Å². The lowest BCUT2D eigenvalue weighted by atomic mass is 10.1. The lowest BCUT2D eigenvalue weighted by Crippen LogP contribution is -2.54. The van der Waals surface area contributed by atoms with E-state index in [0.29, 0.717) is 12.1 Å². The van der Waals surface area contributed by atoms with E-state index in [9.17, 15) is 0 Å². The summed E-state index contributed by atoms with van der Waals surface area (Å²) < 4.78 is 0. The van der Waals surface area contributed by atoms with Crippen LogP contribution in [0, 0.1) is 0 Å². The van der Waals surface area contributed by atoms with E-state index in [4.69, 9.17) is 0 Å². The molecule has 0 amide bonds. The molecule has 0 radical (unpaired) electrons. The highest BCUT2D eigenvalue weighted by molar-refractivity contribution is 4.89. The Bertz CT molecular complexity index is 144. The molecule has 0 aromatic rings. The minimum atomic E-state index is 0.671. The molecule has 1 fully saturated rings. The summed E-state index contributed by atoms with van der Waals surface area (Å²) in [7, 11) is 0. The fraction of sp³-hybridized carbons (Fsp3) is 0.800. The highest BCUT2D eigenvalue weighted by atomic mass is 15.2. The van der Waals surface area contributed by atoms with Crippen LogP contribution in [0.15, 0.2) is 12.2 Å². The predicted molar refractivity (Wildman–Crippen MR) is 53.3 cm³/mol. The summed E-state index contributed by atoms with van der Waals surface area (Å²) in [6.45, 7) is 10.0. The standard InChI is InChI=1S/C10H20N2/c1-4-5-6-12-9(2)7-11-8-10(12)3/h4-5,9-11H,6-8H2,1-3H3/b5-4+. The summed E-state index contributed by atoms with van der Waals surface area (Å²) in [6.07, 6.45) is 4.36. The quantitative estimate of drug-likeness (QED) is 0.624. The number of hydrogen-bond donors (Lipinski definition) is 1. The lowest BCUT2D eigenvalue weighted by molar-refractivity contribution is 0.133. The summed E-state index contributed by atoms with van der Waals surface area (Å²) >= 11 is 0. The summed E-state index contributed by atoms with van der Waals surface area (Å²) in [4.78, 5) is 2.54. The molecule has 2 unspecified atom stereocenters. The van der Waals surface area contributed by atoms with E-state index >= 15 is 0 Å². The van der Waals surface area contributed by atoms with E-state index in [1.54, 1.807) is 0 Å². The number of rotatable bonds is 2. The molecule has 70 valence electrons. The maximum absolute atomic E-state index is 3.42. The van der Waals surface area contributed by atoms with Gasteiger partial charge >= 0.3 is 0 Å². The third-order valence-electron chi connectivity index (χ3n) is 2.56. The van der Waals surface area contributed by atoms with E-state index in [1.165, 1.54) is 0 Å². The average Bonchev–Trinajstić information content (AvgIpc) is 2.04. The SMILES string of the molecule is C/C=C/CN1C(C)CNCC1C. The van der Waals surface area contributed by atoms with Crippen LogP contribution < -0.4 is 5.32 Å². The maximum Gasteiger partial charge on any atom is 0.0199 e. The van der Waals surface area contributed by atoms with Gasteiger partial charge in [0.05, 0.1) is 0 Å². The predicted octanol–water partition coefficient (Wildman–Crippen LogP) is 1.24. The molecule has 1 rings (SSSR count). The second kappa shape index (κ2) is 4.63. The third kappa shape index (κ3) is 2.32. The second-order valence-corrected chi connectivity index (χ2v) is 3.62. The van der Waals surface area contributed by atoms with Crippen molar-refractivity contribution in [1.82, 2.24) is 10.2 Å². The Hall–Kier alpha value is -0.340. The van der Waals surface area contributed by atoms with Crippen LogP contribution in [-0.4, -0.2) is 36.6 Å². The van der Waals surface area contributed by atoms with E-state index in [1.807, 2.05) is 0 Å². The molecule has 0 bridgehead atoms. The van der Waals surface area contributed by atoms with E-state index in [0.717, 1.165) is 19.6 Å². The molecule has 1 N–H and O–H groups in total. The van der Waals surface area contributed by atoms with Crippen LogP contribution >= 0.6 is 0 Å². The number of nitrogens with one attached hydrogen (secondary N) is 1. The van der Waals surface area contributed by atoms with Gasteiger partial charge in [0.1, 0.15) is 0 Å². The topological polar surface area (TPSA) is 15.3 Å². The monoisotopic (exact) mass is 168 g/mol. The molecule has 1 aliphatic heterocycles. The minimum absolute atomic E-state index is 0.671. The molecule has 2 atom stereocenters. The molecule has 1 aliphatic rings. The summed E-state index contributed by atoms with van der Waals surface area (Å²) in [6, 6.07) is 1.34. The Labute approximate surface area is 75.6 Å². The Morgan fingerprint density at radius 2 is 1.92 bits per heavy atom. The first kappa shape index (κ1) is 9.75. The molecule has 0 spiro atoms. The smallest absolute Gasteiger partial charge is 0.0199 e. The first-order valence-electron chi connectivity index (χ1n) is 4.83. The van der Waals surface area contributed by atoms with Crippen molar-refractivity contribution in [3.05, 3.63) is 12.2 Å². The van der Waals surface area contributed by atoms with Crippen LogP contribution in [0.2, 0.25) is 0 Å². The average molecular weight is 168 g/mol. The van der Waals surface area contributed by atoms with Crippen molar-refractivity contribution in [1.29, 1.82) is 0 Å². The van der Waals surface area contributed by atoms with Gasteiger partial charge in [-0.15, -0.1) is 0 Å². The maximum atomic E-state index is 3.42. The highest BCUT2D eigenvalue weighted by Crippen LogP contribution is 2.08. The molecule has 2 heteroatoms. The van der Waals surface area contributed by atoms with Crippen molar-refractivity contribution < 1.29 is 0 Å². The number of hydrogen-bond acceptors (Lipinski definition) is 2. The van der Waals surface area contributed by atoms with Gasteiger partial charge in [0.2, 0.25) is 0 Å². The van der Waals surface area contributed by atoms with Gasteiger partial charge in [-0.05, 0) is 20.8 Å². The van der Waals surface area contributed by atoms with Crippen molar-refractivity contribution in [3.8, 4) is 0 Å². The fourth-order valence-corrected chi connectivity index (χ4v) is 1.76. The zero-order chi connectivity index (χ0) is 8.97. The van der Waals surface area contributed by atoms with Crippen molar-refractivity contribution in [2.45, 2.75) is 32.9 Å². The van der Waals surface area contributed by atoms with Crippen LogP contribution in [0.4, 0.5) is 0 Å². The van der Waals surface area contributed by atoms with Gasteiger partial charge in [-0.1, -0.05) is 12.2 Å². The molecular formula is C10H20N2. The van der Waals surface area contributed by atoms with Crippen LogP contribution in [0.25, 0.3) is 0 Å². The van der Waals surface area contributed by atoms with Gasteiger partial charge in [-0.3, -0.25) is 4.90 Å². The normalized spacial score (nSPS) is 32.9. The molecule has 0 aromatic heterocycles. The van der Waals surface area contributed by atoms with Crippen LogP contribution in [0.5, 0.6) is 0 Å². The van der Waals surface area contributed by atoms with Gasteiger partial charge in [0, 0.05) is 31.7 Å². The van der Waals surface area contributed by atoms with Gasteiger partial charge < -0.3 is 5.32 Å². The van der Waals surface area contributed by atoms with E-state index < -0.39 is 0 Å². The summed E-state index contributed by atoms with van der Waals surface area (Å²) in [5.41, 5.74) is 0. The van der Waals surface area contributed by atoms with E-state index in [2.05, 4.69) is 43.1 Å². The Balaban J connectivity index is 2.45. The third-order valence-corrected chi connectivity index (χ3v) is 2.56. The zero-order valence-corrected chi connectivity index (χ0v) is 8.38. The highest BCUT2D eigenvalue weighted by Gasteiger charge is 2.22. The van der Waals surface area contributed by atoms with Gasteiger partial charge in [0.25, 0.3) is 0 Å². The molecule has 1 saturated heterocycles. The Kier molecular flexibility index (Phi) is 3.76. The largest absolute Gasteiger partial charge is 0.314 e. The van der Waals surface area contributed by atoms with Gasteiger partial charge in [-0.2, -0.15) is 0 Å². The molecule has 1 heterocycles. The Morgan fingerprint density at radius 1 is 1.33 bits per heavy atom. The van der Waals surface area contributed by atoms with Crippen molar-refractivity contribution in [2.75, 3.05) is 19.6 Å². The molecule has 2 nitrogen and oxygen atoms in total.